The first-order valence-corrected chi connectivity index (χ1v) is 8.11. The van der Waals surface area contributed by atoms with Crippen LogP contribution in [-0.4, -0.2) is 47.8 Å². The molecule has 2 amide bonds. The van der Waals surface area contributed by atoms with E-state index in [0.29, 0.717) is 31.7 Å². The molecule has 1 aliphatic heterocycles. The number of carbonyl (C=O) groups excluding carboxylic acids is 2. The van der Waals surface area contributed by atoms with Gasteiger partial charge in [-0.15, -0.1) is 0 Å². The summed E-state index contributed by atoms with van der Waals surface area (Å²) in [5.41, 5.74) is -0.0593. The van der Waals surface area contributed by atoms with Gasteiger partial charge in [-0.3, -0.25) is 9.59 Å². The van der Waals surface area contributed by atoms with Crippen LogP contribution in [0.2, 0.25) is 5.02 Å². The Kier molecular flexibility index (Phi) is 5.30. The fourth-order valence-electron chi connectivity index (χ4n) is 2.61. The first kappa shape index (κ1) is 17.7. The third-order valence-corrected chi connectivity index (χ3v) is 4.17. The Morgan fingerprint density at radius 2 is 1.70 bits per heavy atom. The monoisotopic (exact) mass is 340 g/mol. The van der Waals surface area contributed by atoms with Crippen LogP contribution in [-0.2, 0) is 4.79 Å². The molecule has 0 N–H and O–H groups in total. The predicted octanol–water partition coefficient (Wildman–Crippen LogP) is 3.20. The van der Waals surface area contributed by atoms with Gasteiger partial charge in [-0.2, -0.15) is 0 Å². The molecular formula is C17H22ClFN2O2. The lowest BCUT2D eigenvalue weighted by atomic mass is 9.94. The molecule has 126 valence electrons. The summed E-state index contributed by atoms with van der Waals surface area (Å²) in [7, 11) is 0. The van der Waals surface area contributed by atoms with Crippen LogP contribution in [0.25, 0.3) is 0 Å². The lowest BCUT2D eigenvalue weighted by Gasteiger charge is -2.28. The summed E-state index contributed by atoms with van der Waals surface area (Å²) < 4.78 is 13.2. The number of benzene rings is 1. The second-order valence-corrected chi connectivity index (χ2v) is 7.22. The third-order valence-electron chi connectivity index (χ3n) is 3.88. The standard InChI is InChI=1S/C17H22ClFN2O2/c1-17(2,3)16(23)21-8-4-7-20(9-10-21)15(22)12-5-6-14(19)13(18)11-12/h5-6,11H,4,7-10H2,1-3H3. The van der Waals surface area contributed by atoms with E-state index in [1.807, 2.05) is 25.7 Å². The Hall–Kier alpha value is -1.62. The van der Waals surface area contributed by atoms with Crippen LogP contribution >= 0.6 is 11.6 Å². The maximum atomic E-state index is 13.2. The summed E-state index contributed by atoms with van der Waals surface area (Å²) >= 11 is 5.75. The largest absolute Gasteiger partial charge is 0.340 e. The molecule has 0 atom stereocenters. The molecule has 1 heterocycles. The molecule has 1 fully saturated rings. The minimum absolute atomic E-state index is 0.0600. The van der Waals surface area contributed by atoms with Crippen LogP contribution in [0.4, 0.5) is 4.39 Å². The van der Waals surface area contributed by atoms with Gasteiger partial charge in [0, 0.05) is 37.2 Å². The molecule has 0 aromatic heterocycles. The van der Waals surface area contributed by atoms with Gasteiger partial charge in [0.15, 0.2) is 0 Å². The van der Waals surface area contributed by atoms with Crippen LogP contribution in [0.5, 0.6) is 0 Å². The van der Waals surface area contributed by atoms with Gasteiger partial charge in [0.25, 0.3) is 5.91 Å². The SMILES string of the molecule is CC(C)(C)C(=O)N1CCCN(C(=O)c2ccc(F)c(Cl)c2)CC1. The van der Waals surface area contributed by atoms with Crippen molar-refractivity contribution in [2.75, 3.05) is 26.2 Å². The minimum atomic E-state index is -0.541. The highest BCUT2D eigenvalue weighted by Crippen LogP contribution is 2.20. The maximum absolute atomic E-state index is 13.2. The number of carbonyl (C=O) groups is 2. The Labute approximate surface area is 141 Å². The first-order valence-electron chi connectivity index (χ1n) is 7.74. The van der Waals surface area contributed by atoms with Gasteiger partial charge < -0.3 is 9.80 Å². The molecule has 0 aliphatic carbocycles. The zero-order valence-electron chi connectivity index (χ0n) is 13.7. The number of hydrogen-bond acceptors (Lipinski definition) is 2. The maximum Gasteiger partial charge on any atom is 0.253 e. The van der Waals surface area contributed by atoms with E-state index < -0.39 is 11.2 Å². The molecule has 1 saturated heterocycles. The molecule has 0 bridgehead atoms. The molecule has 0 saturated carbocycles. The van der Waals surface area contributed by atoms with E-state index in [4.69, 9.17) is 11.6 Å². The van der Waals surface area contributed by atoms with Crippen molar-refractivity contribution in [1.82, 2.24) is 9.80 Å². The average molecular weight is 341 g/mol. The first-order chi connectivity index (χ1) is 10.7. The van der Waals surface area contributed by atoms with Gasteiger partial charge in [-0.05, 0) is 24.6 Å². The number of amides is 2. The van der Waals surface area contributed by atoms with E-state index in [1.165, 1.54) is 18.2 Å². The second kappa shape index (κ2) is 6.87. The van der Waals surface area contributed by atoms with Gasteiger partial charge in [0.1, 0.15) is 5.82 Å². The van der Waals surface area contributed by atoms with Gasteiger partial charge in [0.2, 0.25) is 5.91 Å². The minimum Gasteiger partial charge on any atom is -0.340 e. The van der Waals surface area contributed by atoms with Crippen molar-refractivity contribution in [3.8, 4) is 0 Å². The fourth-order valence-corrected chi connectivity index (χ4v) is 2.79. The molecule has 1 aromatic carbocycles. The summed E-state index contributed by atoms with van der Waals surface area (Å²) in [6.45, 7) is 7.87. The van der Waals surface area contributed by atoms with Crippen LogP contribution in [0.1, 0.15) is 37.6 Å². The molecule has 1 aromatic rings. The summed E-state index contributed by atoms with van der Waals surface area (Å²) in [6.07, 6.45) is 0.725. The van der Waals surface area contributed by atoms with Crippen LogP contribution in [0.15, 0.2) is 18.2 Å². The Bertz CT molecular complexity index is 613. The third kappa shape index (κ3) is 4.22. The van der Waals surface area contributed by atoms with Crippen LogP contribution in [0.3, 0.4) is 0 Å². The van der Waals surface area contributed by atoms with E-state index in [1.54, 1.807) is 4.90 Å². The van der Waals surface area contributed by atoms with Crippen molar-refractivity contribution in [3.05, 3.63) is 34.6 Å². The molecule has 1 aliphatic rings. The van der Waals surface area contributed by atoms with Crippen molar-refractivity contribution in [2.45, 2.75) is 27.2 Å². The summed E-state index contributed by atoms with van der Waals surface area (Å²) in [5.74, 6) is -0.630. The fraction of sp³-hybridized carbons (Fsp3) is 0.529. The molecule has 6 heteroatoms. The number of halogens is 2. The van der Waals surface area contributed by atoms with E-state index in [-0.39, 0.29) is 16.8 Å². The smallest absolute Gasteiger partial charge is 0.253 e. The van der Waals surface area contributed by atoms with Crippen molar-refractivity contribution >= 4 is 23.4 Å². The summed E-state index contributed by atoms with van der Waals surface area (Å²) in [5, 5.41) is -0.0600. The van der Waals surface area contributed by atoms with E-state index >= 15 is 0 Å². The topological polar surface area (TPSA) is 40.6 Å². The zero-order valence-corrected chi connectivity index (χ0v) is 14.5. The molecule has 23 heavy (non-hydrogen) atoms. The van der Waals surface area contributed by atoms with Crippen LogP contribution < -0.4 is 0 Å². The second-order valence-electron chi connectivity index (χ2n) is 6.82. The summed E-state index contributed by atoms with van der Waals surface area (Å²) in [6, 6.07) is 3.98. The lowest BCUT2D eigenvalue weighted by Crippen LogP contribution is -2.42. The highest BCUT2D eigenvalue weighted by Gasteiger charge is 2.29. The molecule has 2 rings (SSSR count). The molecule has 0 radical (unpaired) electrons. The van der Waals surface area contributed by atoms with Gasteiger partial charge in [-0.1, -0.05) is 32.4 Å². The number of nitrogens with zero attached hydrogens (tertiary/aromatic N) is 2. The Balaban J connectivity index is 2.06. The van der Waals surface area contributed by atoms with Gasteiger partial charge in [-0.25, -0.2) is 4.39 Å². The van der Waals surface area contributed by atoms with Crippen molar-refractivity contribution in [2.24, 2.45) is 5.41 Å². The number of rotatable bonds is 1. The van der Waals surface area contributed by atoms with E-state index in [0.717, 1.165) is 6.42 Å². The van der Waals surface area contributed by atoms with Crippen molar-refractivity contribution < 1.29 is 14.0 Å². The quantitative estimate of drug-likeness (QED) is 0.787. The Morgan fingerprint density at radius 1 is 1.09 bits per heavy atom. The molecular weight excluding hydrogens is 319 g/mol. The lowest BCUT2D eigenvalue weighted by molar-refractivity contribution is -0.139. The normalized spacial score (nSPS) is 16.2. The van der Waals surface area contributed by atoms with E-state index in [9.17, 15) is 14.0 Å². The number of hydrogen-bond donors (Lipinski definition) is 0. The average Bonchev–Trinajstić information content (AvgIpc) is 2.73. The Morgan fingerprint density at radius 3 is 2.30 bits per heavy atom. The zero-order chi connectivity index (χ0) is 17.2. The molecule has 0 spiro atoms. The molecule has 0 unspecified atom stereocenters. The van der Waals surface area contributed by atoms with Gasteiger partial charge in [0.05, 0.1) is 5.02 Å². The van der Waals surface area contributed by atoms with Crippen LogP contribution in [0, 0.1) is 11.2 Å². The van der Waals surface area contributed by atoms with Crippen molar-refractivity contribution in [1.29, 1.82) is 0 Å². The van der Waals surface area contributed by atoms with Gasteiger partial charge >= 0.3 is 0 Å². The highest BCUT2D eigenvalue weighted by atomic mass is 35.5. The predicted molar refractivity (Wildman–Crippen MR) is 88.0 cm³/mol. The molecule has 4 nitrogen and oxygen atoms in total. The summed E-state index contributed by atoms with van der Waals surface area (Å²) in [4.78, 5) is 28.4. The highest BCUT2D eigenvalue weighted by molar-refractivity contribution is 6.31. The van der Waals surface area contributed by atoms with E-state index in [2.05, 4.69) is 0 Å². The van der Waals surface area contributed by atoms with Crippen molar-refractivity contribution in [3.63, 3.8) is 0 Å².